The summed E-state index contributed by atoms with van der Waals surface area (Å²) in [6, 6.07) is -3.18. The van der Waals surface area contributed by atoms with Crippen LogP contribution in [-0.4, -0.2) is 83.4 Å². The van der Waals surface area contributed by atoms with Crippen molar-refractivity contribution in [1.29, 1.82) is 0 Å². The van der Waals surface area contributed by atoms with Crippen LogP contribution < -0.4 is 21.3 Å². The lowest BCUT2D eigenvalue weighted by Crippen LogP contribution is -2.59. The predicted molar refractivity (Wildman–Crippen MR) is 152 cm³/mol. The Morgan fingerprint density at radius 3 is 2.45 bits per heavy atom. The Morgan fingerprint density at radius 2 is 1.77 bits per heavy atom. The number of hydrogen-bond donors (Lipinski definition) is 4. The lowest BCUT2D eigenvalue weighted by Gasteiger charge is -2.27. The van der Waals surface area contributed by atoms with E-state index in [2.05, 4.69) is 21.3 Å². The number of esters is 2. The number of carbonyl (C=O) groups excluding carboxylic acids is 6. The number of nitrogens with one attached hydrogen (secondary N) is 4. The minimum Gasteiger partial charge on any atom is -0.460 e. The Morgan fingerprint density at radius 1 is 1.05 bits per heavy atom. The van der Waals surface area contributed by atoms with Crippen molar-refractivity contribution < 1.29 is 38.2 Å². The fourth-order valence-corrected chi connectivity index (χ4v) is 5.93. The molecule has 0 aromatic heterocycles. The van der Waals surface area contributed by atoms with Crippen LogP contribution in [0.25, 0.3) is 0 Å². The highest BCUT2D eigenvalue weighted by Gasteiger charge is 2.32. The summed E-state index contributed by atoms with van der Waals surface area (Å²) in [5, 5.41) is 10.5. The standard InChI is InChI=1S/C26H40N4O8S2/c1-15(2)22-25(36)27-13-21(33)37-16-8-6-7-11-39-40-14-18(24(35)30-22)29-23(34)17(28-19(31)12-16)9-10-20(32)38-26(3,4)5/h6,8,15-18,22H,7,9-14H2,1-5H3,(H,27,36)(H,28,31)(H,29,34)(H,30,35)/b8-6+/t16-,17?,18-,22-/m1/s1. The fourth-order valence-electron chi connectivity index (χ4n) is 3.77. The summed E-state index contributed by atoms with van der Waals surface area (Å²) in [7, 11) is 2.87. The van der Waals surface area contributed by atoms with Crippen molar-refractivity contribution in [2.75, 3.05) is 18.1 Å². The zero-order chi connectivity index (χ0) is 29.9. The zero-order valence-corrected chi connectivity index (χ0v) is 25.2. The summed E-state index contributed by atoms with van der Waals surface area (Å²) < 4.78 is 10.8. The third-order valence-electron chi connectivity index (χ3n) is 5.70. The van der Waals surface area contributed by atoms with E-state index < -0.39 is 71.9 Å². The lowest BCUT2D eigenvalue weighted by atomic mass is 10.0. The number of carbonyl (C=O) groups is 6. The summed E-state index contributed by atoms with van der Waals surface area (Å²) in [5.41, 5.74) is -0.726. The van der Waals surface area contributed by atoms with Gasteiger partial charge in [-0.2, -0.15) is 0 Å². The van der Waals surface area contributed by atoms with Gasteiger partial charge in [0.25, 0.3) is 0 Å². The molecule has 2 aliphatic heterocycles. The van der Waals surface area contributed by atoms with Crippen LogP contribution in [0.15, 0.2) is 12.2 Å². The molecule has 4 amide bonds. The van der Waals surface area contributed by atoms with Crippen LogP contribution in [0.3, 0.4) is 0 Å². The molecule has 4 N–H and O–H groups in total. The Kier molecular flexibility index (Phi) is 13.3. The van der Waals surface area contributed by atoms with Gasteiger partial charge < -0.3 is 30.7 Å². The first-order valence-electron chi connectivity index (χ1n) is 13.3. The Balaban J connectivity index is 2.42. The molecule has 14 heteroatoms. The average molecular weight is 601 g/mol. The molecule has 0 spiro atoms. The summed E-state index contributed by atoms with van der Waals surface area (Å²) in [5.74, 6) is -3.20. The molecule has 1 fully saturated rings. The molecule has 4 atom stereocenters. The largest absolute Gasteiger partial charge is 0.460 e. The summed E-state index contributed by atoms with van der Waals surface area (Å²) in [6.45, 7) is 8.19. The second-order valence-electron chi connectivity index (χ2n) is 10.8. The van der Waals surface area contributed by atoms with Crippen LogP contribution in [0.5, 0.6) is 0 Å². The quantitative estimate of drug-likeness (QED) is 0.207. The van der Waals surface area contributed by atoms with Gasteiger partial charge in [-0.3, -0.25) is 28.8 Å². The maximum absolute atomic E-state index is 13.4. The minimum absolute atomic E-state index is 0.0833. The molecular formula is C26H40N4O8S2. The zero-order valence-electron chi connectivity index (χ0n) is 23.6. The second-order valence-corrected chi connectivity index (χ2v) is 13.4. The normalized spacial score (nSPS) is 26.9. The molecular weight excluding hydrogens is 560 g/mol. The third-order valence-corrected chi connectivity index (χ3v) is 8.15. The van der Waals surface area contributed by atoms with E-state index >= 15 is 0 Å². The summed E-state index contributed by atoms with van der Waals surface area (Å²) >= 11 is 0. The van der Waals surface area contributed by atoms with Gasteiger partial charge in [0.05, 0.1) is 6.42 Å². The van der Waals surface area contributed by atoms with Gasteiger partial charge >= 0.3 is 11.9 Å². The van der Waals surface area contributed by atoms with E-state index in [-0.39, 0.29) is 30.9 Å². The molecule has 0 saturated carbocycles. The molecule has 1 saturated heterocycles. The smallest absolute Gasteiger partial charge is 0.326 e. The van der Waals surface area contributed by atoms with Crippen molar-refractivity contribution in [1.82, 2.24) is 21.3 Å². The topological polar surface area (TPSA) is 169 Å². The number of rotatable bonds is 4. The molecule has 0 aromatic carbocycles. The van der Waals surface area contributed by atoms with Crippen LogP contribution in [-0.2, 0) is 38.2 Å². The number of ether oxygens (including phenoxy) is 2. The number of hydrogen-bond acceptors (Lipinski definition) is 10. The van der Waals surface area contributed by atoms with E-state index in [1.54, 1.807) is 46.8 Å². The fraction of sp³-hybridized carbons (Fsp3) is 0.692. The van der Waals surface area contributed by atoms with E-state index in [0.717, 1.165) is 0 Å². The number of fused-ring (bicyclic) bond motifs is 7. The van der Waals surface area contributed by atoms with Crippen molar-refractivity contribution in [3.8, 4) is 0 Å². The van der Waals surface area contributed by atoms with Gasteiger partial charge in [0.1, 0.15) is 36.4 Å². The van der Waals surface area contributed by atoms with Gasteiger partial charge in [-0.15, -0.1) is 0 Å². The molecule has 0 radical (unpaired) electrons. The van der Waals surface area contributed by atoms with Crippen molar-refractivity contribution >= 4 is 57.2 Å². The second kappa shape index (κ2) is 15.9. The SMILES string of the molecule is CC(C)[C@H]1NC(=O)[C@H]2CSSCC/C=C/[C@H](CC(=O)NC(CCC(=O)OC(C)(C)C)C(=O)N2)OC(=O)CNC1=O. The van der Waals surface area contributed by atoms with E-state index in [1.807, 2.05) is 0 Å². The molecule has 224 valence electrons. The van der Waals surface area contributed by atoms with Crippen molar-refractivity contribution in [3.63, 3.8) is 0 Å². The average Bonchev–Trinajstić information content (AvgIpc) is 2.84. The first-order valence-corrected chi connectivity index (χ1v) is 15.7. The van der Waals surface area contributed by atoms with Crippen molar-refractivity contribution in [3.05, 3.63) is 12.2 Å². The molecule has 40 heavy (non-hydrogen) atoms. The molecule has 1 unspecified atom stereocenters. The highest BCUT2D eigenvalue weighted by molar-refractivity contribution is 8.76. The van der Waals surface area contributed by atoms with Gasteiger partial charge in [0, 0.05) is 17.9 Å². The van der Waals surface area contributed by atoms with Crippen LogP contribution in [0, 0.1) is 5.92 Å². The van der Waals surface area contributed by atoms with E-state index in [0.29, 0.717) is 12.2 Å². The summed E-state index contributed by atoms with van der Waals surface area (Å²) in [4.78, 5) is 77.4. The maximum Gasteiger partial charge on any atom is 0.326 e. The van der Waals surface area contributed by atoms with Gasteiger partial charge in [-0.05, 0) is 45.6 Å². The summed E-state index contributed by atoms with van der Waals surface area (Å²) in [6.07, 6.45) is 2.53. The molecule has 2 aliphatic rings. The molecule has 2 heterocycles. The molecule has 2 rings (SSSR count). The highest BCUT2D eigenvalue weighted by Crippen LogP contribution is 2.24. The molecule has 12 nitrogen and oxygen atoms in total. The maximum atomic E-state index is 13.4. The Bertz CT molecular complexity index is 982. The lowest BCUT2D eigenvalue weighted by molar-refractivity contribution is -0.155. The minimum atomic E-state index is -1.17. The van der Waals surface area contributed by atoms with Crippen molar-refractivity contribution in [2.45, 2.75) is 90.1 Å². The number of allylic oxidation sites excluding steroid dienone is 1. The van der Waals surface area contributed by atoms with Crippen LogP contribution in [0.2, 0.25) is 0 Å². The Labute approximate surface area is 242 Å². The van der Waals surface area contributed by atoms with Gasteiger partial charge in [0.15, 0.2) is 0 Å². The highest BCUT2D eigenvalue weighted by atomic mass is 33.1. The van der Waals surface area contributed by atoms with E-state index in [4.69, 9.17) is 9.47 Å². The molecule has 0 aliphatic carbocycles. The monoisotopic (exact) mass is 600 g/mol. The third kappa shape index (κ3) is 12.2. The van der Waals surface area contributed by atoms with Crippen LogP contribution >= 0.6 is 21.6 Å². The van der Waals surface area contributed by atoms with Crippen LogP contribution in [0.4, 0.5) is 0 Å². The van der Waals surface area contributed by atoms with Gasteiger partial charge in [-0.1, -0.05) is 41.5 Å². The molecule has 0 aromatic rings. The predicted octanol–water partition coefficient (Wildman–Crippen LogP) is 0.992. The molecule has 2 bridgehead atoms. The number of amides is 4. The Hall–Kier alpha value is -2.74. The van der Waals surface area contributed by atoms with Crippen molar-refractivity contribution in [2.24, 2.45) is 5.92 Å². The van der Waals surface area contributed by atoms with E-state index in [1.165, 1.54) is 21.6 Å². The first kappa shape index (κ1) is 33.5. The van der Waals surface area contributed by atoms with Crippen LogP contribution in [0.1, 0.15) is 60.3 Å². The van der Waals surface area contributed by atoms with Gasteiger partial charge in [0.2, 0.25) is 23.6 Å². The van der Waals surface area contributed by atoms with Gasteiger partial charge in [-0.25, -0.2) is 0 Å². The first-order chi connectivity index (χ1) is 18.7. The van der Waals surface area contributed by atoms with E-state index in [9.17, 15) is 28.8 Å².